The number of benzene rings is 3. The van der Waals surface area contributed by atoms with E-state index in [1.807, 2.05) is 0 Å². The van der Waals surface area contributed by atoms with Gasteiger partial charge >= 0.3 is 0 Å². The quantitative estimate of drug-likeness (QED) is 0.252. The molecule has 0 fully saturated rings. The zero-order chi connectivity index (χ0) is 30.4. The van der Waals surface area contributed by atoms with Crippen LogP contribution in [0.1, 0.15) is 49.8 Å². The number of fused-ring (bicyclic) bond motifs is 1. The predicted molar refractivity (Wildman–Crippen MR) is 192 cm³/mol. The number of hydrogen-bond acceptors (Lipinski definition) is 1. The normalized spacial score (nSPS) is 21.0. The molecule has 1 N–H and O–H groups in total. The maximum atomic E-state index is 4.76. The van der Waals surface area contributed by atoms with E-state index in [-0.39, 0.29) is 5.41 Å². The smallest absolute Gasteiger partial charge is 0.0610 e. The minimum atomic E-state index is -0.378. The lowest BCUT2D eigenvalue weighted by atomic mass is 9.68. The van der Waals surface area contributed by atoms with Crippen molar-refractivity contribution in [3.8, 4) is 11.1 Å². The van der Waals surface area contributed by atoms with Crippen molar-refractivity contribution in [3.05, 3.63) is 186 Å². The second-order valence-corrected chi connectivity index (χ2v) is 11.6. The average Bonchev–Trinajstić information content (AvgIpc) is 3.69. The van der Waals surface area contributed by atoms with Gasteiger partial charge in [0.15, 0.2) is 0 Å². The lowest BCUT2D eigenvalue weighted by Gasteiger charge is -2.34. The highest BCUT2D eigenvalue weighted by Gasteiger charge is 2.45. The van der Waals surface area contributed by atoms with E-state index in [1.54, 1.807) is 0 Å². The monoisotopic (exact) mass is 571 g/mol. The van der Waals surface area contributed by atoms with Crippen LogP contribution in [0.3, 0.4) is 0 Å². The summed E-state index contributed by atoms with van der Waals surface area (Å²) in [6.07, 6.45) is 30.0. The van der Waals surface area contributed by atoms with Gasteiger partial charge in [0.2, 0.25) is 0 Å². The van der Waals surface area contributed by atoms with Gasteiger partial charge in [0.1, 0.15) is 0 Å². The van der Waals surface area contributed by atoms with Gasteiger partial charge in [-0.05, 0) is 95.9 Å². The minimum absolute atomic E-state index is 0.378. The Morgan fingerprint density at radius 1 is 0.886 bits per heavy atom. The first-order chi connectivity index (χ1) is 21.7. The lowest BCUT2D eigenvalue weighted by molar-refractivity contribution is 0.718. The zero-order valence-electron chi connectivity index (χ0n) is 25.9. The fourth-order valence-electron chi connectivity index (χ4n) is 6.80. The fraction of sp³-hybridized carbons (Fsp3) is 0.163. The van der Waals surface area contributed by atoms with Gasteiger partial charge in [0.25, 0.3) is 0 Å². The lowest BCUT2D eigenvalue weighted by Crippen LogP contribution is -2.26. The number of rotatable bonds is 9. The summed E-state index contributed by atoms with van der Waals surface area (Å²) in [5.74, 6) is 0. The van der Waals surface area contributed by atoms with E-state index in [0.29, 0.717) is 0 Å². The molecule has 1 unspecified atom stereocenters. The molecule has 0 bridgehead atoms. The van der Waals surface area contributed by atoms with Gasteiger partial charge in [-0.1, -0.05) is 140 Å². The van der Waals surface area contributed by atoms with Crippen LogP contribution in [-0.2, 0) is 5.41 Å². The summed E-state index contributed by atoms with van der Waals surface area (Å²) >= 11 is 0. The number of nitrogens with one attached hydrogen (secondary N) is 1. The number of anilines is 1. The third-order valence-electron chi connectivity index (χ3n) is 8.96. The molecule has 3 aromatic carbocycles. The van der Waals surface area contributed by atoms with E-state index in [0.717, 1.165) is 42.6 Å². The second-order valence-electron chi connectivity index (χ2n) is 11.6. The molecule has 0 heterocycles. The van der Waals surface area contributed by atoms with Crippen LogP contribution in [0.25, 0.3) is 22.3 Å². The van der Waals surface area contributed by atoms with Gasteiger partial charge in [0, 0.05) is 17.8 Å². The largest absolute Gasteiger partial charge is 0.381 e. The third-order valence-corrected chi connectivity index (χ3v) is 8.96. The standard InChI is InChI=1S/C43H41N/c1-4-6-17-28-43(36-22-11-8-12-23-36)40-25-16-15-24-38(40)37(5-2)41(43)29-32(3)39-30-35(34-20-9-7-10-21-34)26-27-42(39)44-31-33-18-13-14-19-33/h4-11,13-18,20-22,24-30,44H,3,12,19,23,31H2,1-2H3/b6-4-,28-17-,37-5-,41-29+. The Balaban J connectivity index is 1.53. The Morgan fingerprint density at radius 2 is 1.70 bits per heavy atom. The minimum Gasteiger partial charge on any atom is -0.381 e. The first-order valence-electron chi connectivity index (χ1n) is 15.8. The molecule has 218 valence electrons. The van der Waals surface area contributed by atoms with Gasteiger partial charge in [0.05, 0.1) is 5.41 Å². The molecular weight excluding hydrogens is 530 g/mol. The molecule has 0 spiro atoms. The first-order valence-corrected chi connectivity index (χ1v) is 15.8. The highest BCUT2D eigenvalue weighted by molar-refractivity contribution is 5.97. The summed E-state index contributed by atoms with van der Waals surface area (Å²) in [6.45, 7) is 9.81. The molecule has 3 aromatic rings. The Hall–Kier alpha value is -4.88. The molecule has 0 aliphatic heterocycles. The Morgan fingerprint density at radius 3 is 2.45 bits per heavy atom. The summed E-state index contributed by atoms with van der Waals surface area (Å²) in [7, 11) is 0. The van der Waals surface area contributed by atoms with E-state index in [4.69, 9.17) is 6.58 Å². The average molecular weight is 572 g/mol. The Kier molecular flexibility index (Phi) is 8.75. The van der Waals surface area contributed by atoms with Gasteiger partial charge < -0.3 is 5.32 Å². The molecule has 0 saturated heterocycles. The topological polar surface area (TPSA) is 12.0 Å². The van der Waals surface area contributed by atoms with E-state index >= 15 is 0 Å². The Labute approximate surface area is 263 Å². The van der Waals surface area contributed by atoms with Gasteiger partial charge in [-0.3, -0.25) is 0 Å². The van der Waals surface area contributed by atoms with Crippen LogP contribution in [-0.4, -0.2) is 6.54 Å². The molecule has 1 atom stereocenters. The summed E-state index contributed by atoms with van der Waals surface area (Å²) in [5, 5.41) is 3.75. The van der Waals surface area contributed by atoms with Crippen LogP contribution < -0.4 is 5.32 Å². The predicted octanol–water partition coefficient (Wildman–Crippen LogP) is 11.4. The van der Waals surface area contributed by atoms with E-state index in [2.05, 4.69) is 165 Å². The molecule has 1 heteroatoms. The van der Waals surface area contributed by atoms with Crippen molar-refractivity contribution in [1.29, 1.82) is 0 Å². The zero-order valence-corrected chi connectivity index (χ0v) is 25.9. The molecule has 6 rings (SSSR count). The van der Waals surface area contributed by atoms with Crippen molar-refractivity contribution < 1.29 is 0 Å². The molecule has 0 radical (unpaired) electrons. The van der Waals surface area contributed by atoms with E-state index in [9.17, 15) is 0 Å². The highest BCUT2D eigenvalue weighted by Crippen LogP contribution is 2.56. The molecule has 3 aliphatic carbocycles. The number of allylic oxidation sites excluding steroid dienone is 16. The summed E-state index contributed by atoms with van der Waals surface area (Å²) in [4.78, 5) is 0. The van der Waals surface area contributed by atoms with Crippen LogP contribution in [0.4, 0.5) is 5.69 Å². The molecule has 3 aliphatic rings. The summed E-state index contributed by atoms with van der Waals surface area (Å²) in [6, 6.07) is 26.3. The fourth-order valence-corrected chi connectivity index (χ4v) is 6.80. The van der Waals surface area contributed by atoms with Crippen LogP contribution in [0.5, 0.6) is 0 Å². The molecule has 0 amide bonds. The van der Waals surface area contributed by atoms with E-state index < -0.39 is 0 Å². The van der Waals surface area contributed by atoms with Crippen LogP contribution >= 0.6 is 0 Å². The summed E-state index contributed by atoms with van der Waals surface area (Å²) in [5.41, 5.74) is 13.2. The van der Waals surface area contributed by atoms with Crippen LogP contribution in [0.15, 0.2) is 169 Å². The Bertz CT molecular complexity index is 1800. The molecule has 0 saturated carbocycles. The maximum absolute atomic E-state index is 4.76. The maximum Gasteiger partial charge on any atom is 0.0610 e. The molecular formula is C43H41N. The summed E-state index contributed by atoms with van der Waals surface area (Å²) < 4.78 is 0. The first kappa shape index (κ1) is 29.2. The van der Waals surface area contributed by atoms with Gasteiger partial charge in [-0.2, -0.15) is 0 Å². The molecule has 0 aromatic heterocycles. The second kappa shape index (κ2) is 13.2. The highest BCUT2D eigenvalue weighted by atomic mass is 14.9. The molecule has 44 heavy (non-hydrogen) atoms. The van der Waals surface area contributed by atoms with Crippen molar-refractivity contribution in [2.45, 2.75) is 38.5 Å². The van der Waals surface area contributed by atoms with Crippen molar-refractivity contribution in [1.82, 2.24) is 0 Å². The van der Waals surface area contributed by atoms with E-state index in [1.165, 1.54) is 44.5 Å². The SMILES string of the molecule is C=C(/C=C1\C(=C/C)c2ccccc2C1(/C=C\C=C/C)C1=CC=CCC1)c1cc(-c2ccccc2)ccc1NCC1=CC=CC1. The van der Waals surface area contributed by atoms with Crippen molar-refractivity contribution in [2.24, 2.45) is 0 Å². The third kappa shape index (κ3) is 5.58. The van der Waals surface area contributed by atoms with Crippen molar-refractivity contribution in [3.63, 3.8) is 0 Å². The van der Waals surface area contributed by atoms with Crippen molar-refractivity contribution in [2.75, 3.05) is 11.9 Å². The van der Waals surface area contributed by atoms with Gasteiger partial charge in [-0.15, -0.1) is 0 Å². The van der Waals surface area contributed by atoms with Crippen LogP contribution in [0, 0.1) is 0 Å². The molecule has 1 nitrogen and oxygen atoms in total. The van der Waals surface area contributed by atoms with Crippen molar-refractivity contribution >= 4 is 16.8 Å². The van der Waals surface area contributed by atoms with Gasteiger partial charge in [-0.25, -0.2) is 0 Å². The number of hydrogen-bond donors (Lipinski definition) is 1. The van der Waals surface area contributed by atoms with Crippen LogP contribution in [0.2, 0.25) is 0 Å².